The van der Waals surface area contributed by atoms with E-state index in [9.17, 15) is 19.2 Å². The minimum absolute atomic E-state index is 0.0358. The van der Waals surface area contributed by atoms with Crippen LogP contribution < -0.4 is 15.2 Å². The van der Waals surface area contributed by atoms with E-state index in [0.717, 1.165) is 0 Å². The van der Waals surface area contributed by atoms with Crippen molar-refractivity contribution in [2.24, 2.45) is 17.6 Å². The van der Waals surface area contributed by atoms with Crippen molar-refractivity contribution >= 4 is 24.1 Å². The third kappa shape index (κ3) is 12.8. The minimum Gasteiger partial charge on any atom is -0.468 e. The van der Waals surface area contributed by atoms with E-state index in [-0.39, 0.29) is 43.3 Å². The van der Waals surface area contributed by atoms with Crippen LogP contribution in [0.25, 0.3) is 0 Å². The fraction of sp³-hybridized carbons (Fsp3) is 0.667. The monoisotopic (exact) mass is 565 g/mol. The Morgan fingerprint density at radius 3 is 1.85 bits per heavy atom. The lowest BCUT2D eigenvalue weighted by molar-refractivity contribution is -0.148. The van der Waals surface area contributed by atoms with Gasteiger partial charge in [0.1, 0.15) is 17.7 Å². The van der Waals surface area contributed by atoms with Gasteiger partial charge in [-0.25, -0.2) is 4.79 Å². The van der Waals surface area contributed by atoms with Crippen LogP contribution in [-0.4, -0.2) is 48.9 Å². The Balaban J connectivity index is 3.20. The van der Waals surface area contributed by atoms with Gasteiger partial charge >= 0.3 is 24.1 Å². The predicted octanol–water partition coefficient (Wildman–Crippen LogP) is 5.51. The molecule has 0 bridgehead atoms. The Morgan fingerprint density at radius 2 is 1.35 bits per heavy atom. The van der Waals surface area contributed by atoms with E-state index in [0.29, 0.717) is 36.7 Å². The minimum atomic E-state index is -1.58. The normalized spacial score (nSPS) is 14.2. The van der Waals surface area contributed by atoms with Crippen LogP contribution >= 0.6 is 0 Å². The molecule has 2 N–H and O–H groups in total. The highest BCUT2D eigenvalue weighted by molar-refractivity contribution is 5.81. The summed E-state index contributed by atoms with van der Waals surface area (Å²) in [6, 6.07) is 4.66. The average molecular weight is 566 g/mol. The highest BCUT2D eigenvalue weighted by Crippen LogP contribution is 2.32. The summed E-state index contributed by atoms with van der Waals surface area (Å²) in [4.78, 5) is 49.8. The van der Waals surface area contributed by atoms with E-state index in [1.165, 1.54) is 19.2 Å². The molecular weight excluding hydrogens is 518 g/mol. The quantitative estimate of drug-likeness (QED) is 0.201. The van der Waals surface area contributed by atoms with Gasteiger partial charge in [0.25, 0.3) is 0 Å². The molecule has 226 valence electrons. The van der Waals surface area contributed by atoms with Crippen LogP contribution in [-0.2, 0) is 35.0 Å². The molecule has 3 atom stereocenters. The maximum Gasteiger partial charge on any atom is 0.508 e. The van der Waals surface area contributed by atoms with E-state index in [2.05, 4.69) is 0 Å². The zero-order valence-electron chi connectivity index (χ0n) is 25.2. The largest absolute Gasteiger partial charge is 0.508 e. The van der Waals surface area contributed by atoms with Crippen molar-refractivity contribution < 1.29 is 42.9 Å². The molecule has 0 saturated carbocycles. The Kier molecular flexibility index (Phi) is 14.7. The number of carbonyl (C=O) groups is 4. The predicted molar refractivity (Wildman–Crippen MR) is 150 cm³/mol. The number of rotatable bonds is 16. The molecule has 1 aromatic rings. The fourth-order valence-electron chi connectivity index (χ4n) is 3.78. The third-order valence-corrected chi connectivity index (χ3v) is 6.24. The maximum absolute atomic E-state index is 12.8. The molecule has 0 aliphatic heterocycles. The molecule has 10 nitrogen and oxygen atoms in total. The number of nitrogens with two attached hydrogens (primary N) is 1. The SMILES string of the molecule is CC[C@H](C)OC(=O)O[C@@H](C)CC(N)(Cc1ccc(OC(=O)CCC(C)C)c(OC(=O)CCC(C)C)c1)C(=O)OC. The van der Waals surface area contributed by atoms with Gasteiger partial charge < -0.3 is 29.4 Å². The highest BCUT2D eigenvalue weighted by atomic mass is 16.7. The third-order valence-electron chi connectivity index (χ3n) is 6.24. The van der Waals surface area contributed by atoms with Crippen LogP contribution in [0.2, 0.25) is 0 Å². The van der Waals surface area contributed by atoms with Gasteiger partial charge in [-0.1, -0.05) is 40.7 Å². The molecule has 10 heteroatoms. The number of methoxy groups -OCH3 is 1. The number of ether oxygens (including phenoxy) is 5. The molecule has 1 aromatic carbocycles. The van der Waals surface area contributed by atoms with Crippen molar-refractivity contribution in [3.8, 4) is 11.5 Å². The molecule has 1 rings (SSSR count). The number of hydrogen-bond donors (Lipinski definition) is 1. The lowest BCUT2D eigenvalue weighted by Gasteiger charge is -2.29. The molecule has 0 radical (unpaired) electrons. The molecule has 0 aliphatic rings. The van der Waals surface area contributed by atoms with Crippen LogP contribution in [0.15, 0.2) is 18.2 Å². The molecule has 40 heavy (non-hydrogen) atoms. The summed E-state index contributed by atoms with van der Waals surface area (Å²) in [5.74, 6) is -0.853. The van der Waals surface area contributed by atoms with Gasteiger partial charge in [0.05, 0.1) is 7.11 Å². The number of esters is 3. The molecule has 0 heterocycles. The van der Waals surface area contributed by atoms with E-state index < -0.39 is 35.7 Å². The summed E-state index contributed by atoms with van der Waals surface area (Å²) in [5, 5.41) is 0. The second kappa shape index (κ2) is 16.8. The van der Waals surface area contributed by atoms with Crippen LogP contribution in [0.5, 0.6) is 11.5 Å². The Hall–Kier alpha value is -3.14. The molecule has 0 fully saturated rings. The Bertz CT molecular complexity index is 991. The van der Waals surface area contributed by atoms with Crippen LogP contribution in [0.3, 0.4) is 0 Å². The van der Waals surface area contributed by atoms with Gasteiger partial charge in [0, 0.05) is 25.7 Å². The van der Waals surface area contributed by atoms with Gasteiger partial charge in [-0.15, -0.1) is 0 Å². The first-order valence-corrected chi connectivity index (χ1v) is 14.0. The zero-order chi connectivity index (χ0) is 30.5. The summed E-state index contributed by atoms with van der Waals surface area (Å²) in [7, 11) is 1.22. The second-order valence-electron chi connectivity index (χ2n) is 11.1. The molecule has 1 unspecified atom stereocenters. The molecular formula is C30H47NO9. The van der Waals surface area contributed by atoms with Crippen molar-refractivity contribution in [1.29, 1.82) is 0 Å². The highest BCUT2D eigenvalue weighted by Gasteiger charge is 2.38. The zero-order valence-corrected chi connectivity index (χ0v) is 25.2. The molecule has 0 amide bonds. The smallest absolute Gasteiger partial charge is 0.468 e. The van der Waals surface area contributed by atoms with Crippen LogP contribution in [0.4, 0.5) is 4.79 Å². The Morgan fingerprint density at radius 1 is 0.825 bits per heavy atom. The van der Waals surface area contributed by atoms with Gasteiger partial charge in [-0.2, -0.15) is 0 Å². The van der Waals surface area contributed by atoms with Crippen molar-refractivity contribution in [2.75, 3.05) is 7.11 Å². The van der Waals surface area contributed by atoms with E-state index in [1.807, 2.05) is 34.6 Å². The van der Waals surface area contributed by atoms with Crippen molar-refractivity contribution in [1.82, 2.24) is 0 Å². The second-order valence-corrected chi connectivity index (χ2v) is 11.1. The summed E-state index contributed by atoms with van der Waals surface area (Å²) >= 11 is 0. The van der Waals surface area contributed by atoms with Gasteiger partial charge in [-0.05, 0) is 62.6 Å². The number of benzene rings is 1. The summed E-state index contributed by atoms with van der Waals surface area (Å²) in [6.45, 7) is 13.2. The van der Waals surface area contributed by atoms with Gasteiger partial charge in [0.15, 0.2) is 11.5 Å². The van der Waals surface area contributed by atoms with Crippen molar-refractivity contribution in [2.45, 2.75) is 111 Å². The fourth-order valence-corrected chi connectivity index (χ4v) is 3.78. The molecule has 0 saturated heterocycles. The van der Waals surface area contributed by atoms with E-state index >= 15 is 0 Å². The topological polar surface area (TPSA) is 140 Å². The first-order valence-electron chi connectivity index (χ1n) is 14.0. The number of hydrogen-bond acceptors (Lipinski definition) is 10. The molecule has 0 aliphatic carbocycles. The number of carbonyl (C=O) groups excluding carboxylic acids is 4. The summed E-state index contributed by atoms with van der Waals surface area (Å²) < 4.78 is 26.5. The first-order chi connectivity index (χ1) is 18.7. The first kappa shape index (κ1) is 34.9. The molecule has 0 aromatic heterocycles. The van der Waals surface area contributed by atoms with E-state index in [4.69, 9.17) is 29.4 Å². The average Bonchev–Trinajstić information content (AvgIpc) is 2.86. The standard InChI is InChI=1S/C30H47NO9/c1-9-21(6)37-29(35)38-22(7)17-30(31,28(34)36-8)18-23-12-13-24(39-26(32)14-10-19(2)3)25(16-23)40-27(33)15-11-20(4)5/h12-13,16,19-22H,9-11,14-15,17-18,31H2,1-8H3/t21-,22-,30?/m0/s1. The van der Waals surface area contributed by atoms with Gasteiger partial charge in [-0.3, -0.25) is 14.4 Å². The van der Waals surface area contributed by atoms with Crippen molar-refractivity contribution in [3.63, 3.8) is 0 Å². The summed E-state index contributed by atoms with van der Waals surface area (Å²) in [6.07, 6.45) is 0.273. The van der Waals surface area contributed by atoms with E-state index in [1.54, 1.807) is 19.9 Å². The summed E-state index contributed by atoms with van der Waals surface area (Å²) in [5.41, 5.74) is 5.45. The van der Waals surface area contributed by atoms with Crippen LogP contribution in [0.1, 0.15) is 92.6 Å². The maximum atomic E-state index is 12.8. The Labute approximate surface area is 238 Å². The van der Waals surface area contributed by atoms with Gasteiger partial charge in [0.2, 0.25) is 0 Å². The lowest BCUT2D eigenvalue weighted by Crippen LogP contribution is -2.53. The van der Waals surface area contributed by atoms with Crippen molar-refractivity contribution in [3.05, 3.63) is 23.8 Å². The van der Waals surface area contributed by atoms with Crippen LogP contribution in [0, 0.1) is 11.8 Å². The molecule has 0 spiro atoms. The lowest BCUT2D eigenvalue weighted by atomic mass is 9.86.